The lowest BCUT2D eigenvalue weighted by molar-refractivity contribution is -0.127. The highest BCUT2D eigenvalue weighted by atomic mass is 16.5. The summed E-state index contributed by atoms with van der Waals surface area (Å²) in [5.74, 6) is 2.29. The zero-order valence-electron chi connectivity index (χ0n) is 19.3. The van der Waals surface area contributed by atoms with E-state index in [-0.39, 0.29) is 5.91 Å². The van der Waals surface area contributed by atoms with Gasteiger partial charge < -0.3 is 20.3 Å². The van der Waals surface area contributed by atoms with Crippen LogP contribution in [-0.4, -0.2) is 56.6 Å². The van der Waals surface area contributed by atoms with E-state index in [1.54, 1.807) is 7.05 Å². The Morgan fingerprint density at radius 2 is 1.88 bits per heavy atom. The molecule has 1 atom stereocenters. The molecule has 1 unspecified atom stereocenters. The van der Waals surface area contributed by atoms with Crippen molar-refractivity contribution in [2.24, 2.45) is 10.9 Å². The Balaban J connectivity index is 1.27. The topological polar surface area (TPSA) is 66.0 Å². The van der Waals surface area contributed by atoms with Crippen molar-refractivity contribution in [2.45, 2.75) is 32.6 Å². The normalized spacial score (nSPS) is 16.3. The highest BCUT2D eigenvalue weighted by molar-refractivity contribution is 5.80. The predicted molar refractivity (Wildman–Crippen MR) is 130 cm³/mol. The summed E-state index contributed by atoms with van der Waals surface area (Å²) >= 11 is 0. The van der Waals surface area contributed by atoms with E-state index in [9.17, 15) is 4.79 Å². The van der Waals surface area contributed by atoms with Crippen LogP contribution in [-0.2, 0) is 11.2 Å². The van der Waals surface area contributed by atoms with E-state index in [1.165, 1.54) is 11.1 Å². The van der Waals surface area contributed by atoms with Crippen molar-refractivity contribution in [1.29, 1.82) is 0 Å². The van der Waals surface area contributed by atoms with E-state index in [0.29, 0.717) is 18.9 Å². The van der Waals surface area contributed by atoms with E-state index < -0.39 is 0 Å². The number of guanidine groups is 1. The fourth-order valence-electron chi connectivity index (χ4n) is 3.84. The van der Waals surface area contributed by atoms with Crippen LogP contribution in [0.1, 0.15) is 30.4 Å². The monoisotopic (exact) mass is 436 g/mol. The average Bonchev–Trinajstić information content (AvgIpc) is 3.18. The number of unbranched alkanes of at least 4 members (excludes halogenated alkanes) is 1. The highest BCUT2D eigenvalue weighted by Crippen LogP contribution is 2.17. The fraction of sp³-hybridized carbons (Fsp3) is 0.462. The van der Waals surface area contributed by atoms with E-state index in [0.717, 1.165) is 57.2 Å². The third kappa shape index (κ3) is 7.91. The second kappa shape index (κ2) is 12.7. The lowest BCUT2D eigenvalue weighted by Gasteiger charge is -2.18. The molecule has 1 saturated heterocycles. The Morgan fingerprint density at radius 1 is 1.09 bits per heavy atom. The van der Waals surface area contributed by atoms with Gasteiger partial charge in [0.05, 0.1) is 6.61 Å². The first kappa shape index (κ1) is 23.6. The largest absolute Gasteiger partial charge is 0.494 e. The van der Waals surface area contributed by atoms with Crippen molar-refractivity contribution in [2.75, 3.05) is 39.8 Å². The van der Waals surface area contributed by atoms with Crippen molar-refractivity contribution in [3.05, 3.63) is 65.7 Å². The van der Waals surface area contributed by atoms with Crippen molar-refractivity contribution < 1.29 is 9.53 Å². The first-order valence-corrected chi connectivity index (χ1v) is 11.6. The van der Waals surface area contributed by atoms with Crippen LogP contribution in [0.15, 0.2) is 59.6 Å². The molecule has 172 valence electrons. The van der Waals surface area contributed by atoms with Crippen molar-refractivity contribution in [3.8, 4) is 5.75 Å². The maximum Gasteiger partial charge on any atom is 0.223 e. The summed E-state index contributed by atoms with van der Waals surface area (Å²) in [5.41, 5.74) is 2.51. The zero-order chi connectivity index (χ0) is 22.6. The zero-order valence-corrected chi connectivity index (χ0v) is 19.3. The quantitative estimate of drug-likeness (QED) is 0.322. The van der Waals surface area contributed by atoms with E-state index in [4.69, 9.17) is 4.74 Å². The number of aliphatic imine (C=N–C) groups is 1. The van der Waals surface area contributed by atoms with E-state index in [1.807, 2.05) is 35.2 Å². The minimum absolute atomic E-state index is 0.254. The van der Waals surface area contributed by atoms with Gasteiger partial charge in [-0.3, -0.25) is 9.79 Å². The first-order valence-electron chi connectivity index (χ1n) is 11.6. The highest BCUT2D eigenvalue weighted by Gasteiger charge is 2.29. The summed E-state index contributed by atoms with van der Waals surface area (Å²) < 4.78 is 5.77. The molecule has 1 aliphatic rings. The SMILES string of the molecule is CN=C(NCCCCOc1ccc(C)cc1)NCC1CC(=O)N(CCc2ccccc2)C1. The Bertz CT molecular complexity index is 852. The van der Waals surface area contributed by atoms with E-state index >= 15 is 0 Å². The molecule has 3 rings (SSSR count). The molecule has 0 radical (unpaired) electrons. The van der Waals surface area contributed by atoms with Gasteiger partial charge in [0.25, 0.3) is 0 Å². The van der Waals surface area contributed by atoms with Crippen molar-refractivity contribution >= 4 is 11.9 Å². The molecule has 1 amide bonds. The van der Waals surface area contributed by atoms with Gasteiger partial charge in [0.15, 0.2) is 5.96 Å². The number of nitrogens with zero attached hydrogens (tertiary/aromatic N) is 2. The van der Waals surface area contributed by atoms with Gasteiger partial charge in [-0.1, -0.05) is 48.0 Å². The maximum absolute atomic E-state index is 12.4. The van der Waals surface area contributed by atoms with Gasteiger partial charge in [-0.05, 0) is 43.9 Å². The molecule has 32 heavy (non-hydrogen) atoms. The molecule has 0 saturated carbocycles. The number of aryl methyl sites for hydroxylation is 1. The maximum atomic E-state index is 12.4. The number of rotatable bonds is 11. The average molecular weight is 437 g/mol. The lowest BCUT2D eigenvalue weighted by atomic mass is 10.1. The lowest BCUT2D eigenvalue weighted by Crippen LogP contribution is -2.40. The molecule has 2 aromatic carbocycles. The molecular weight excluding hydrogens is 400 g/mol. The van der Waals surface area contributed by atoms with Crippen molar-refractivity contribution in [1.82, 2.24) is 15.5 Å². The molecule has 6 nitrogen and oxygen atoms in total. The van der Waals surface area contributed by atoms with Crippen LogP contribution in [0.3, 0.4) is 0 Å². The molecule has 1 fully saturated rings. The molecule has 6 heteroatoms. The number of ether oxygens (including phenoxy) is 1. The summed E-state index contributed by atoms with van der Waals surface area (Å²) in [6.45, 7) is 5.97. The standard InChI is InChI=1S/C26H36N4O2/c1-21-10-12-24(13-11-21)32-17-7-6-15-28-26(27-2)29-19-23-18-25(31)30(20-23)16-14-22-8-4-3-5-9-22/h3-5,8-13,23H,6-7,14-20H2,1-2H3,(H2,27,28,29). The Hall–Kier alpha value is -3.02. The van der Waals surface area contributed by atoms with Crippen LogP contribution in [0.2, 0.25) is 0 Å². The summed E-state index contributed by atoms with van der Waals surface area (Å²) in [6, 6.07) is 18.5. The number of hydrogen-bond acceptors (Lipinski definition) is 3. The Labute approximate surface area is 192 Å². The number of nitrogens with one attached hydrogen (secondary N) is 2. The van der Waals surface area contributed by atoms with Gasteiger partial charge in [0, 0.05) is 45.6 Å². The fourth-order valence-corrected chi connectivity index (χ4v) is 3.84. The van der Waals surface area contributed by atoms with Gasteiger partial charge in [-0.25, -0.2) is 0 Å². The Morgan fingerprint density at radius 3 is 2.62 bits per heavy atom. The second-order valence-electron chi connectivity index (χ2n) is 8.39. The summed E-state index contributed by atoms with van der Waals surface area (Å²) in [6.07, 6.45) is 3.49. The number of amides is 1. The second-order valence-corrected chi connectivity index (χ2v) is 8.39. The van der Waals surface area contributed by atoms with Gasteiger partial charge in [-0.2, -0.15) is 0 Å². The van der Waals surface area contributed by atoms with Crippen LogP contribution < -0.4 is 15.4 Å². The van der Waals surface area contributed by atoms with Crippen molar-refractivity contribution in [3.63, 3.8) is 0 Å². The minimum atomic E-state index is 0.254. The molecule has 0 aliphatic carbocycles. The molecule has 1 heterocycles. The smallest absolute Gasteiger partial charge is 0.223 e. The molecule has 0 aromatic heterocycles. The van der Waals surface area contributed by atoms with Crippen LogP contribution >= 0.6 is 0 Å². The third-order valence-corrected chi connectivity index (χ3v) is 5.74. The number of hydrogen-bond donors (Lipinski definition) is 2. The Kier molecular flexibility index (Phi) is 9.41. The number of carbonyl (C=O) groups excluding carboxylic acids is 1. The molecule has 0 bridgehead atoms. The molecule has 2 aromatic rings. The number of carbonyl (C=O) groups is 1. The summed E-state index contributed by atoms with van der Waals surface area (Å²) in [4.78, 5) is 18.6. The summed E-state index contributed by atoms with van der Waals surface area (Å²) in [7, 11) is 1.78. The molecular formula is C26H36N4O2. The molecule has 0 spiro atoms. The van der Waals surface area contributed by atoms with Gasteiger partial charge >= 0.3 is 0 Å². The van der Waals surface area contributed by atoms with Crippen LogP contribution in [0.4, 0.5) is 0 Å². The van der Waals surface area contributed by atoms with Gasteiger partial charge in [0.2, 0.25) is 5.91 Å². The van der Waals surface area contributed by atoms with Crippen LogP contribution in [0, 0.1) is 12.8 Å². The first-order chi connectivity index (χ1) is 15.6. The summed E-state index contributed by atoms with van der Waals surface area (Å²) in [5, 5.41) is 6.73. The van der Waals surface area contributed by atoms with Gasteiger partial charge in [0.1, 0.15) is 5.75 Å². The molecule has 2 N–H and O–H groups in total. The third-order valence-electron chi connectivity index (χ3n) is 5.74. The minimum Gasteiger partial charge on any atom is -0.494 e. The number of likely N-dealkylation sites (tertiary alicyclic amines) is 1. The number of benzene rings is 2. The van der Waals surface area contributed by atoms with Crippen LogP contribution in [0.5, 0.6) is 5.75 Å². The predicted octanol–water partition coefficient (Wildman–Crippen LogP) is 3.41. The van der Waals surface area contributed by atoms with Gasteiger partial charge in [-0.15, -0.1) is 0 Å². The molecule has 1 aliphatic heterocycles. The van der Waals surface area contributed by atoms with E-state index in [2.05, 4.69) is 46.8 Å². The van der Waals surface area contributed by atoms with Crippen LogP contribution in [0.25, 0.3) is 0 Å².